The van der Waals surface area contributed by atoms with Gasteiger partial charge in [0.1, 0.15) is 6.10 Å². The second kappa shape index (κ2) is 8.02. The Balaban J connectivity index is 1.51. The van der Waals surface area contributed by atoms with Crippen LogP contribution in [0.3, 0.4) is 0 Å². The van der Waals surface area contributed by atoms with Gasteiger partial charge < -0.3 is 28.7 Å². The Labute approximate surface area is 186 Å². The van der Waals surface area contributed by atoms with Crippen molar-refractivity contribution in [1.82, 2.24) is 9.80 Å². The molecule has 4 atom stereocenters. The van der Waals surface area contributed by atoms with Crippen molar-refractivity contribution in [3.05, 3.63) is 53.6 Å². The lowest BCUT2D eigenvalue weighted by atomic mass is 9.95. The molecule has 3 aliphatic heterocycles. The van der Waals surface area contributed by atoms with Crippen LogP contribution in [-0.4, -0.2) is 60.4 Å². The third-order valence-electron chi connectivity index (χ3n) is 6.44. The van der Waals surface area contributed by atoms with Crippen molar-refractivity contribution in [3.63, 3.8) is 0 Å². The highest BCUT2D eigenvalue weighted by molar-refractivity contribution is 5.77. The summed E-state index contributed by atoms with van der Waals surface area (Å²) in [7, 11) is 1.58. The number of piperazine rings is 1. The number of nitrogens with zero attached hydrogens (tertiary/aromatic N) is 2. The summed E-state index contributed by atoms with van der Waals surface area (Å²) in [4.78, 5) is 28.9. The molecule has 32 heavy (non-hydrogen) atoms. The minimum absolute atomic E-state index is 0.0433. The molecule has 8 heteroatoms. The Morgan fingerprint density at radius 1 is 1.09 bits per heavy atom. The summed E-state index contributed by atoms with van der Waals surface area (Å²) in [6, 6.07) is 13.1. The molecular formula is C24H26N2O6. The molecular weight excluding hydrogens is 412 g/mol. The van der Waals surface area contributed by atoms with Crippen LogP contribution in [0.25, 0.3) is 0 Å². The van der Waals surface area contributed by atoms with Crippen LogP contribution in [0.5, 0.6) is 17.2 Å². The van der Waals surface area contributed by atoms with E-state index in [9.17, 15) is 9.59 Å². The number of rotatable bonds is 4. The average Bonchev–Trinajstić information content (AvgIpc) is 3.37. The predicted molar refractivity (Wildman–Crippen MR) is 114 cm³/mol. The fourth-order valence-corrected chi connectivity index (χ4v) is 5.06. The minimum atomic E-state index is -0.545. The lowest BCUT2D eigenvalue weighted by Crippen LogP contribution is -2.63. The molecule has 0 aromatic heterocycles. The van der Waals surface area contributed by atoms with Gasteiger partial charge in [-0.1, -0.05) is 30.3 Å². The van der Waals surface area contributed by atoms with Crippen molar-refractivity contribution in [2.24, 2.45) is 0 Å². The number of hydrogen-bond acceptors (Lipinski definition) is 6. The molecule has 2 amide bonds. The van der Waals surface area contributed by atoms with Gasteiger partial charge in [0.15, 0.2) is 17.7 Å². The maximum absolute atomic E-state index is 12.7. The van der Waals surface area contributed by atoms with E-state index in [0.717, 1.165) is 11.1 Å². The molecule has 0 N–H and O–H groups in total. The fraction of sp³-hybridized carbons (Fsp3) is 0.417. The van der Waals surface area contributed by atoms with E-state index in [-0.39, 0.29) is 36.8 Å². The maximum atomic E-state index is 12.7. The van der Waals surface area contributed by atoms with Crippen LogP contribution in [0, 0.1) is 0 Å². The number of carbonyl (C=O) groups is 2. The number of ether oxygens (including phenoxy) is 4. The van der Waals surface area contributed by atoms with Gasteiger partial charge in [-0.2, -0.15) is 0 Å². The van der Waals surface area contributed by atoms with E-state index in [1.54, 1.807) is 25.9 Å². The molecule has 0 saturated carbocycles. The summed E-state index contributed by atoms with van der Waals surface area (Å²) >= 11 is 0. The summed E-state index contributed by atoms with van der Waals surface area (Å²) in [5, 5.41) is 0. The Bertz CT molecular complexity index is 1040. The Morgan fingerprint density at radius 3 is 2.56 bits per heavy atom. The highest BCUT2D eigenvalue weighted by Crippen LogP contribution is 2.45. The molecule has 2 aromatic carbocycles. The largest absolute Gasteiger partial charge is 0.493 e. The quantitative estimate of drug-likeness (QED) is 0.730. The second-order valence-corrected chi connectivity index (χ2v) is 8.33. The lowest BCUT2D eigenvalue weighted by Gasteiger charge is -2.45. The molecule has 0 aliphatic carbocycles. The topological polar surface area (TPSA) is 77.5 Å². The first kappa shape index (κ1) is 20.6. The minimum Gasteiger partial charge on any atom is -0.493 e. The van der Waals surface area contributed by atoms with Crippen molar-refractivity contribution in [1.29, 1.82) is 0 Å². The first-order chi connectivity index (χ1) is 15.5. The van der Waals surface area contributed by atoms with Gasteiger partial charge in [-0.25, -0.2) is 0 Å². The molecule has 3 heterocycles. The number of hydrogen-bond donors (Lipinski definition) is 0. The number of carbonyl (C=O) groups excluding carboxylic acids is 2. The number of benzene rings is 2. The zero-order valence-electron chi connectivity index (χ0n) is 18.3. The highest BCUT2D eigenvalue weighted by Gasteiger charge is 2.54. The van der Waals surface area contributed by atoms with E-state index >= 15 is 0 Å². The van der Waals surface area contributed by atoms with Crippen molar-refractivity contribution >= 4 is 11.8 Å². The van der Waals surface area contributed by atoms with Crippen LogP contribution in [-0.2, 0) is 20.7 Å². The first-order valence-corrected chi connectivity index (χ1v) is 10.7. The van der Waals surface area contributed by atoms with Gasteiger partial charge in [-0.15, -0.1) is 0 Å². The summed E-state index contributed by atoms with van der Waals surface area (Å²) in [6.07, 6.45) is -0.352. The van der Waals surface area contributed by atoms with Crippen LogP contribution in [0.1, 0.15) is 31.1 Å². The van der Waals surface area contributed by atoms with Gasteiger partial charge in [-0.3, -0.25) is 9.59 Å². The number of amides is 2. The van der Waals surface area contributed by atoms with Crippen LogP contribution in [0.4, 0.5) is 0 Å². The van der Waals surface area contributed by atoms with E-state index in [1.165, 1.54) is 0 Å². The Kier molecular flexibility index (Phi) is 5.17. The van der Waals surface area contributed by atoms with E-state index in [1.807, 2.05) is 47.4 Å². The third kappa shape index (κ3) is 3.35. The smallest absolute Gasteiger partial charge is 0.231 e. The molecule has 2 unspecified atom stereocenters. The zero-order valence-corrected chi connectivity index (χ0v) is 18.3. The van der Waals surface area contributed by atoms with Crippen molar-refractivity contribution in [3.8, 4) is 17.2 Å². The molecule has 2 aromatic rings. The lowest BCUT2D eigenvalue weighted by molar-refractivity contribution is -0.154. The number of fused-ring (bicyclic) bond motifs is 3. The van der Waals surface area contributed by atoms with Gasteiger partial charge in [0.05, 0.1) is 19.2 Å². The maximum Gasteiger partial charge on any atom is 0.231 e. The number of methoxy groups -OCH3 is 1. The monoisotopic (exact) mass is 438 g/mol. The van der Waals surface area contributed by atoms with Gasteiger partial charge in [-0.05, 0) is 29.7 Å². The molecule has 0 spiro atoms. The molecule has 2 bridgehead atoms. The van der Waals surface area contributed by atoms with Gasteiger partial charge >= 0.3 is 0 Å². The van der Waals surface area contributed by atoms with Gasteiger partial charge in [0, 0.05) is 20.4 Å². The fourth-order valence-electron chi connectivity index (χ4n) is 5.06. The van der Waals surface area contributed by atoms with Crippen molar-refractivity contribution < 1.29 is 28.5 Å². The first-order valence-electron chi connectivity index (χ1n) is 10.7. The van der Waals surface area contributed by atoms with Crippen LogP contribution < -0.4 is 14.2 Å². The summed E-state index contributed by atoms with van der Waals surface area (Å²) in [5.41, 5.74) is 1.91. The van der Waals surface area contributed by atoms with E-state index < -0.39 is 6.23 Å². The summed E-state index contributed by atoms with van der Waals surface area (Å²) < 4.78 is 23.0. The van der Waals surface area contributed by atoms with E-state index in [2.05, 4.69) is 0 Å². The zero-order chi connectivity index (χ0) is 22.4. The molecule has 168 valence electrons. The SMILES string of the molecule is COc1cc(CC2[C@@H]3OC(c4ccccc4)[C@@H](CN2C(C)=O)N3C(C)=O)cc2c1OCO2. The van der Waals surface area contributed by atoms with E-state index in [4.69, 9.17) is 18.9 Å². The molecule has 2 saturated heterocycles. The standard InChI is InChI=1S/C24H26N2O6/c1-14(27)25-12-19-22(17-7-5-4-6-8-17)32-24(26(19)15(2)28)18(25)9-16-10-20(29-3)23-21(11-16)30-13-31-23/h4-8,10-11,18-19,22,24H,9,12-13H2,1-3H3/t18?,19-,22?,24+/m1/s1. The van der Waals surface area contributed by atoms with Crippen molar-refractivity contribution in [2.45, 2.75) is 44.7 Å². The Hall–Kier alpha value is -3.26. The molecule has 5 rings (SSSR count). The van der Waals surface area contributed by atoms with Gasteiger partial charge in [0.2, 0.25) is 24.4 Å². The third-order valence-corrected chi connectivity index (χ3v) is 6.44. The van der Waals surface area contributed by atoms with E-state index in [0.29, 0.717) is 30.2 Å². The molecule has 0 radical (unpaired) electrons. The normalized spacial score (nSPS) is 25.7. The van der Waals surface area contributed by atoms with Crippen LogP contribution in [0.15, 0.2) is 42.5 Å². The Morgan fingerprint density at radius 2 is 1.88 bits per heavy atom. The average molecular weight is 438 g/mol. The summed E-state index contributed by atoms with van der Waals surface area (Å²) in [5.74, 6) is 1.67. The molecule has 2 fully saturated rings. The molecule has 3 aliphatic rings. The van der Waals surface area contributed by atoms with Crippen LogP contribution in [0.2, 0.25) is 0 Å². The van der Waals surface area contributed by atoms with Crippen LogP contribution >= 0.6 is 0 Å². The summed E-state index contributed by atoms with van der Waals surface area (Å²) in [6.45, 7) is 3.67. The second-order valence-electron chi connectivity index (χ2n) is 8.33. The van der Waals surface area contributed by atoms with Gasteiger partial charge in [0.25, 0.3) is 0 Å². The molecule has 8 nitrogen and oxygen atoms in total. The van der Waals surface area contributed by atoms with Crippen molar-refractivity contribution in [2.75, 3.05) is 20.4 Å². The predicted octanol–water partition coefficient (Wildman–Crippen LogP) is 2.51. The highest BCUT2D eigenvalue weighted by atomic mass is 16.7.